The van der Waals surface area contributed by atoms with Gasteiger partial charge in [0.15, 0.2) is 11.6 Å². The standard InChI is InChI=1S/C22H26ClF2N3O4S/c1-4-11-26-22(30)15(2)27(13-16-5-7-17(23)8-6-16)21(29)14-28(33(3,31)32)18-9-10-19(24)20(25)12-18/h5-10,12,15H,4,11,13-14H2,1-3H3,(H,26,30). The number of rotatable bonds is 10. The average molecular weight is 502 g/mol. The number of anilines is 1. The third kappa shape index (κ3) is 7.40. The number of benzene rings is 2. The van der Waals surface area contributed by atoms with Gasteiger partial charge in [-0.2, -0.15) is 0 Å². The van der Waals surface area contributed by atoms with Crippen molar-refractivity contribution in [1.29, 1.82) is 0 Å². The fourth-order valence-electron chi connectivity index (χ4n) is 3.02. The number of sulfonamides is 1. The Bertz CT molecular complexity index is 1100. The van der Waals surface area contributed by atoms with Crippen LogP contribution < -0.4 is 9.62 Å². The summed E-state index contributed by atoms with van der Waals surface area (Å²) in [6.45, 7) is 3.13. The van der Waals surface area contributed by atoms with Gasteiger partial charge in [0.25, 0.3) is 0 Å². The molecule has 0 aliphatic carbocycles. The van der Waals surface area contributed by atoms with Crippen LogP contribution in [0.15, 0.2) is 42.5 Å². The number of nitrogens with zero attached hydrogens (tertiary/aromatic N) is 2. The van der Waals surface area contributed by atoms with Crippen LogP contribution in [0.2, 0.25) is 5.02 Å². The highest BCUT2D eigenvalue weighted by atomic mass is 35.5. The van der Waals surface area contributed by atoms with Crippen molar-refractivity contribution in [2.45, 2.75) is 32.9 Å². The number of amides is 2. The van der Waals surface area contributed by atoms with Crippen molar-refractivity contribution in [3.63, 3.8) is 0 Å². The summed E-state index contributed by atoms with van der Waals surface area (Å²) in [6, 6.07) is 8.24. The molecule has 7 nitrogen and oxygen atoms in total. The summed E-state index contributed by atoms with van der Waals surface area (Å²) in [6.07, 6.45) is 1.55. The maximum absolute atomic E-state index is 13.7. The minimum Gasteiger partial charge on any atom is -0.354 e. The molecule has 1 atom stereocenters. The fraction of sp³-hybridized carbons (Fsp3) is 0.364. The Labute approximate surface area is 197 Å². The monoisotopic (exact) mass is 501 g/mol. The lowest BCUT2D eigenvalue weighted by atomic mass is 10.1. The van der Waals surface area contributed by atoms with Gasteiger partial charge >= 0.3 is 0 Å². The van der Waals surface area contributed by atoms with E-state index in [0.29, 0.717) is 33.9 Å². The molecule has 1 unspecified atom stereocenters. The molecule has 0 heterocycles. The molecule has 0 fully saturated rings. The second-order valence-electron chi connectivity index (χ2n) is 7.48. The molecule has 11 heteroatoms. The van der Waals surface area contributed by atoms with E-state index in [1.807, 2.05) is 6.92 Å². The maximum Gasteiger partial charge on any atom is 0.244 e. The molecule has 33 heavy (non-hydrogen) atoms. The Morgan fingerprint density at radius 1 is 1.09 bits per heavy atom. The molecule has 2 aromatic rings. The highest BCUT2D eigenvalue weighted by Gasteiger charge is 2.30. The fourth-order valence-corrected chi connectivity index (χ4v) is 3.99. The number of hydrogen-bond donors (Lipinski definition) is 1. The highest BCUT2D eigenvalue weighted by Crippen LogP contribution is 2.22. The summed E-state index contributed by atoms with van der Waals surface area (Å²) in [5, 5.41) is 3.21. The number of halogens is 3. The quantitative estimate of drug-likeness (QED) is 0.541. The molecule has 2 aromatic carbocycles. The highest BCUT2D eigenvalue weighted by molar-refractivity contribution is 7.92. The van der Waals surface area contributed by atoms with Gasteiger partial charge in [0.1, 0.15) is 12.6 Å². The van der Waals surface area contributed by atoms with E-state index in [1.54, 1.807) is 24.3 Å². The average Bonchev–Trinajstić information content (AvgIpc) is 2.76. The summed E-state index contributed by atoms with van der Waals surface area (Å²) in [5.41, 5.74) is 0.459. The maximum atomic E-state index is 13.7. The van der Waals surface area contributed by atoms with Gasteiger partial charge in [-0.1, -0.05) is 30.7 Å². The number of nitrogens with one attached hydrogen (secondary N) is 1. The minimum atomic E-state index is -4.04. The molecular formula is C22H26ClF2N3O4S. The van der Waals surface area contributed by atoms with Crippen molar-refractivity contribution in [3.05, 3.63) is 64.7 Å². The van der Waals surface area contributed by atoms with Crippen LogP contribution >= 0.6 is 11.6 Å². The van der Waals surface area contributed by atoms with E-state index in [9.17, 15) is 26.8 Å². The Kier molecular flexibility index (Phi) is 9.18. The van der Waals surface area contributed by atoms with Gasteiger partial charge in [-0.25, -0.2) is 17.2 Å². The van der Waals surface area contributed by atoms with E-state index in [-0.39, 0.29) is 12.2 Å². The molecule has 0 aromatic heterocycles. The predicted octanol–water partition coefficient (Wildman–Crippen LogP) is 3.33. The van der Waals surface area contributed by atoms with Crippen LogP contribution in [0.1, 0.15) is 25.8 Å². The normalized spacial score (nSPS) is 12.2. The van der Waals surface area contributed by atoms with Gasteiger partial charge in [0, 0.05) is 24.2 Å². The zero-order chi connectivity index (χ0) is 24.8. The summed E-state index contributed by atoms with van der Waals surface area (Å²) in [4.78, 5) is 27.1. The molecule has 0 saturated heterocycles. The van der Waals surface area contributed by atoms with E-state index < -0.39 is 46.1 Å². The second-order valence-corrected chi connectivity index (χ2v) is 9.83. The summed E-state index contributed by atoms with van der Waals surface area (Å²) in [7, 11) is -4.04. The Hall–Kier alpha value is -2.72. The molecule has 0 saturated carbocycles. The largest absolute Gasteiger partial charge is 0.354 e. The van der Waals surface area contributed by atoms with Crippen molar-refractivity contribution >= 4 is 39.1 Å². The lowest BCUT2D eigenvalue weighted by Crippen LogP contribution is -2.51. The van der Waals surface area contributed by atoms with Crippen LogP contribution in [0, 0.1) is 11.6 Å². The molecule has 2 amide bonds. The van der Waals surface area contributed by atoms with Crippen LogP contribution in [-0.4, -0.2) is 50.5 Å². The summed E-state index contributed by atoms with van der Waals surface area (Å²) >= 11 is 5.92. The van der Waals surface area contributed by atoms with Gasteiger partial charge in [-0.05, 0) is 43.2 Å². The molecule has 1 N–H and O–H groups in total. The number of carbonyl (C=O) groups excluding carboxylic acids is 2. The minimum absolute atomic E-state index is 0.00605. The summed E-state index contributed by atoms with van der Waals surface area (Å²) in [5.74, 6) is -3.50. The smallest absolute Gasteiger partial charge is 0.244 e. The zero-order valence-corrected chi connectivity index (χ0v) is 20.1. The Balaban J connectivity index is 2.38. The second kappa shape index (κ2) is 11.4. The van der Waals surface area contributed by atoms with E-state index in [2.05, 4.69) is 5.32 Å². The summed E-state index contributed by atoms with van der Waals surface area (Å²) < 4.78 is 52.5. The number of hydrogen-bond acceptors (Lipinski definition) is 4. The zero-order valence-electron chi connectivity index (χ0n) is 18.5. The van der Waals surface area contributed by atoms with E-state index >= 15 is 0 Å². The van der Waals surface area contributed by atoms with Crippen molar-refractivity contribution < 1.29 is 26.8 Å². The first kappa shape index (κ1) is 26.5. The molecule has 0 aliphatic heterocycles. The molecule has 0 bridgehead atoms. The van der Waals surface area contributed by atoms with Crippen molar-refractivity contribution in [1.82, 2.24) is 10.2 Å². The van der Waals surface area contributed by atoms with Crippen LogP contribution in [0.3, 0.4) is 0 Å². The lowest BCUT2D eigenvalue weighted by molar-refractivity contribution is -0.139. The third-order valence-corrected chi connectivity index (χ3v) is 6.25. The molecule has 0 radical (unpaired) electrons. The first-order chi connectivity index (χ1) is 15.4. The van der Waals surface area contributed by atoms with Crippen LogP contribution in [0.4, 0.5) is 14.5 Å². The van der Waals surface area contributed by atoms with Crippen molar-refractivity contribution in [3.8, 4) is 0 Å². The molecule has 0 spiro atoms. The van der Waals surface area contributed by atoms with E-state index in [0.717, 1.165) is 18.4 Å². The van der Waals surface area contributed by atoms with Crippen LogP contribution in [-0.2, 0) is 26.2 Å². The molecule has 0 aliphatic rings. The van der Waals surface area contributed by atoms with Gasteiger partial charge in [0.2, 0.25) is 21.8 Å². The lowest BCUT2D eigenvalue weighted by Gasteiger charge is -2.31. The van der Waals surface area contributed by atoms with Crippen LogP contribution in [0.5, 0.6) is 0 Å². The van der Waals surface area contributed by atoms with E-state index in [4.69, 9.17) is 11.6 Å². The van der Waals surface area contributed by atoms with Crippen molar-refractivity contribution in [2.75, 3.05) is 23.7 Å². The van der Waals surface area contributed by atoms with E-state index in [1.165, 1.54) is 11.8 Å². The SMILES string of the molecule is CCCNC(=O)C(C)N(Cc1ccc(Cl)cc1)C(=O)CN(c1ccc(F)c(F)c1)S(C)(=O)=O. The topological polar surface area (TPSA) is 86.8 Å². The number of carbonyl (C=O) groups is 2. The predicted molar refractivity (Wildman–Crippen MR) is 123 cm³/mol. The molecule has 180 valence electrons. The van der Waals surface area contributed by atoms with Crippen LogP contribution in [0.25, 0.3) is 0 Å². The molecule has 2 rings (SSSR count). The first-order valence-corrected chi connectivity index (χ1v) is 12.4. The Morgan fingerprint density at radius 2 is 1.73 bits per heavy atom. The van der Waals surface area contributed by atoms with Gasteiger partial charge < -0.3 is 10.2 Å². The van der Waals surface area contributed by atoms with Gasteiger partial charge in [-0.3, -0.25) is 13.9 Å². The van der Waals surface area contributed by atoms with Gasteiger partial charge in [-0.15, -0.1) is 0 Å². The van der Waals surface area contributed by atoms with Gasteiger partial charge in [0.05, 0.1) is 11.9 Å². The third-order valence-electron chi connectivity index (χ3n) is 4.85. The molecular weight excluding hydrogens is 476 g/mol. The first-order valence-electron chi connectivity index (χ1n) is 10.2. The Morgan fingerprint density at radius 3 is 2.27 bits per heavy atom. The van der Waals surface area contributed by atoms with Crippen molar-refractivity contribution in [2.24, 2.45) is 0 Å².